The van der Waals surface area contributed by atoms with Gasteiger partial charge in [0.05, 0.1) is 15.5 Å². The van der Waals surface area contributed by atoms with Gasteiger partial charge in [0, 0.05) is 10.7 Å². The number of sulfone groups is 1. The van der Waals surface area contributed by atoms with E-state index >= 15 is 0 Å². The quantitative estimate of drug-likeness (QED) is 0.798. The summed E-state index contributed by atoms with van der Waals surface area (Å²) in [6.07, 6.45) is 0.471. The molecule has 0 unspecified atom stereocenters. The van der Waals surface area contributed by atoms with Gasteiger partial charge in [0.1, 0.15) is 0 Å². The summed E-state index contributed by atoms with van der Waals surface area (Å²) in [7, 11) is -2.12. The van der Waals surface area contributed by atoms with Crippen molar-refractivity contribution in [2.24, 2.45) is 0 Å². The summed E-state index contributed by atoms with van der Waals surface area (Å²) in [4.78, 5) is -0.166. The Labute approximate surface area is 106 Å². The van der Waals surface area contributed by atoms with E-state index in [2.05, 4.69) is 0 Å². The topological polar surface area (TPSA) is 68.3 Å². The predicted octanol–water partition coefficient (Wildman–Crippen LogP) is 2.11. The molecule has 1 aromatic carbocycles. The molecule has 0 N–H and O–H groups in total. The van der Waals surface area contributed by atoms with Crippen molar-refractivity contribution in [1.29, 1.82) is 0 Å². The van der Waals surface area contributed by atoms with Gasteiger partial charge >= 0.3 is 0 Å². The summed E-state index contributed by atoms with van der Waals surface area (Å²) in [5, 5.41) is 0. The van der Waals surface area contributed by atoms with Crippen LogP contribution in [0.4, 0.5) is 0 Å². The van der Waals surface area contributed by atoms with Crippen LogP contribution in [0, 0.1) is 6.92 Å². The van der Waals surface area contributed by atoms with E-state index in [-0.39, 0.29) is 15.5 Å². The molecule has 1 aromatic rings. The molecule has 0 heterocycles. The normalized spacial score (nSPS) is 12.6. The van der Waals surface area contributed by atoms with Crippen molar-refractivity contribution in [1.82, 2.24) is 0 Å². The second-order valence-electron chi connectivity index (χ2n) is 3.68. The maximum Gasteiger partial charge on any atom is 0.261 e. The van der Waals surface area contributed by atoms with Crippen molar-refractivity contribution in [2.45, 2.75) is 30.1 Å². The molecule has 0 radical (unpaired) electrons. The van der Waals surface area contributed by atoms with Gasteiger partial charge in [-0.25, -0.2) is 16.8 Å². The van der Waals surface area contributed by atoms with Crippen molar-refractivity contribution < 1.29 is 16.8 Å². The minimum absolute atomic E-state index is 0.0100. The fourth-order valence-electron chi connectivity index (χ4n) is 1.42. The highest BCUT2D eigenvalue weighted by Crippen LogP contribution is 2.24. The van der Waals surface area contributed by atoms with Gasteiger partial charge in [-0.3, -0.25) is 0 Å². The van der Waals surface area contributed by atoms with Crippen LogP contribution in [0.15, 0.2) is 28.0 Å². The van der Waals surface area contributed by atoms with Crippen LogP contribution in [0.3, 0.4) is 0 Å². The van der Waals surface area contributed by atoms with Crippen LogP contribution >= 0.6 is 10.7 Å². The number of aryl methyl sites for hydroxylation is 1. The van der Waals surface area contributed by atoms with Gasteiger partial charge in [-0.2, -0.15) is 0 Å². The summed E-state index contributed by atoms with van der Waals surface area (Å²) in [5.41, 5.74) is 0.426. The molecule has 0 aromatic heterocycles. The van der Waals surface area contributed by atoms with E-state index in [1.807, 2.05) is 0 Å². The Kier molecular flexibility index (Phi) is 4.22. The van der Waals surface area contributed by atoms with Crippen molar-refractivity contribution in [3.63, 3.8) is 0 Å². The lowest BCUT2D eigenvalue weighted by atomic mass is 10.2. The van der Waals surface area contributed by atoms with Crippen molar-refractivity contribution >= 4 is 29.6 Å². The van der Waals surface area contributed by atoms with E-state index in [4.69, 9.17) is 10.7 Å². The van der Waals surface area contributed by atoms with Crippen molar-refractivity contribution in [2.75, 3.05) is 5.75 Å². The van der Waals surface area contributed by atoms with Crippen molar-refractivity contribution in [3.05, 3.63) is 23.8 Å². The highest BCUT2D eigenvalue weighted by molar-refractivity contribution is 8.13. The van der Waals surface area contributed by atoms with Crippen LogP contribution in [0.2, 0.25) is 0 Å². The molecule has 0 spiro atoms. The third kappa shape index (κ3) is 3.43. The summed E-state index contributed by atoms with van der Waals surface area (Å²) in [6, 6.07) is 3.95. The molecular formula is C10H13ClO4S2. The lowest BCUT2D eigenvalue weighted by Crippen LogP contribution is -2.07. The molecule has 0 atom stereocenters. The molecule has 0 aliphatic carbocycles. The first-order valence-corrected chi connectivity index (χ1v) is 8.92. The van der Waals surface area contributed by atoms with Crippen LogP contribution in [0.1, 0.15) is 18.9 Å². The number of benzene rings is 1. The van der Waals surface area contributed by atoms with E-state index in [1.54, 1.807) is 13.8 Å². The minimum atomic E-state index is -3.92. The molecule has 0 saturated carbocycles. The zero-order valence-corrected chi connectivity index (χ0v) is 11.9. The van der Waals surface area contributed by atoms with Gasteiger partial charge in [-0.05, 0) is 31.0 Å². The van der Waals surface area contributed by atoms with E-state index in [1.165, 1.54) is 12.1 Å². The van der Waals surface area contributed by atoms with E-state index in [0.29, 0.717) is 12.0 Å². The molecule has 0 fully saturated rings. The largest absolute Gasteiger partial charge is 0.261 e. The smallest absolute Gasteiger partial charge is 0.224 e. The average Bonchev–Trinajstić information content (AvgIpc) is 2.15. The zero-order chi connectivity index (χ0) is 13.3. The summed E-state index contributed by atoms with van der Waals surface area (Å²) >= 11 is 0. The molecule has 0 aliphatic rings. The number of halogens is 1. The number of hydrogen-bond acceptors (Lipinski definition) is 4. The number of rotatable bonds is 4. The average molecular weight is 297 g/mol. The zero-order valence-electron chi connectivity index (χ0n) is 9.47. The lowest BCUT2D eigenvalue weighted by molar-refractivity contribution is 0.594. The molecule has 7 heteroatoms. The fourth-order valence-corrected chi connectivity index (χ4v) is 4.06. The van der Waals surface area contributed by atoms with Crippen LogP contribution in [0.25, 0.3) is 0 Å². The molecular weight excluding hydrogens is 284 g/mol. The molecule has 4 nitrogen and oxygen atoms in total. The summed E-state index contributed by atoms with van der Waals surface area (Å²) < 4.78 is 46.1. The van der Waals surface area contributed by atoms with Gasteiger partial charge < -0.3 is 0 Å². The third-order valence-corrected chi connectivity index (χ3v) is 5.64. The summed E-state index contributed by atoms with van der Waals surface area (Å²) in [5.74, 6) is -0.0160. The first-order valence-electron chi connectivity index (χ1n) is 4.96. The van der Waals surface area contributed by atoms with Crippen LogP contribution in [0.5, 0.6) is 0 Å². The Balaban J connectivity index is 3.43. The van der Waals surface area contributed by atoms with Gasteiger partial charge in [0.2, 0.25) is 0 Å². The lowest BCUT2D eigenvalue weighted by Gasteiger charge is -2.06. The maximum atomic E-state index is 11.8. The molecule has 1 rings (SSSR count). The van der Waals surface area contributed by atoms with Gasteiger partial charge in [0.25, 0.3) is 9.05 Å². The Bertz CT molecular complexity index is 618. The minimum Gasteiger partial charge on any atom is -0.224 e. The van der Waals surface area contributed by atoms with E-state index in [0.717, 1.165) is 6.07 Å². The van der Waals surface area contributed by atoms with Crippen LogP contribution < -0.4 is 0 Å². The van der Waals surface area contributed by atoms with Gasteiger partial charge in [-0.1, -0.05) is 13.0 Å². The van der Waals surface area contributed by atoms with Gasteiger partial charge in [0.15, 0.2) is 9.84 Å². The highest BCUT2D eigenvalue weighted by atomic mass is 35.7. The molecule has 0 saturated heterocycles. The molecule has 96 valence electrons. The first-order chi connectivity index (χ1) is 7.68. The van der Waals surface area contributed by atoms with E-state index < -0.39 is 18.9 Å². The standard InChI is InChI=1S/C10H13ClO4S2/c1-3-6-16(12,13)9-5-4-8(2)10(7-9)17(11,14)15/h4-5,7H,3,6H2,1-2H3. The second-order valence-corrected chi connectivity index (χ2v) is 8.33. The third-order valence-electron chi connectivity index (χ3n) is 2.25. The predicted molar refractivity (Wildman–Crippen MR) is 66.6 cm³/mol. The molecule has 0 aliphatic heterocycles. The maximum absolute atomic E-state index is 11.8. The molecule has 17 heavy (non-hydrogen) atoms. The molecule has 0 amide bonds. The highest BCUT2D eigenvalue weighted by Gasteiger charge is 2.19. The Morgan fingerprint density at radius 2 is 1.76 bits per heavy atom. The Morgan fingerprint density at radius 3 is 2.24 bits per heavy atom. The van der Waals surface area contributed by atoms with Gasteiger partial charge in [-0.15, -0.1) is 0 Å². The van der Waals surface area contributed by atoms with Crippen molar-refractivity contribution in [3.8, 4) is 0 Å². The summed E-state index contributed by atoms with van der Waals surface area (Å²) in [6.45, 7) is 3.30. The monoisotopic (exact) mass is 296 g/mol. The second kappa shape index (κ2) is 4.96. The Morgan fingerprint density at radius 1 is 1.18 bits per heavy atom. The van der Waals surface area contributed by atoms with E-state index in [9.17, 15) is 16.8 Å². The fraction of sp³-hybridized carbons (Fsp3) is 0.400. The Hall–Kier alpha value is -0.590. The molecule has 0 bridgehead atoms. The number of hydrogen-bond donors (Lipinski definition) is 0. The van der Waals surface area contributed by atoms with Crippen LogP contribution in [-0.2, 0) is 18.9 Å². The SMILES string of the molecule is CCCS(=O)(=O)c1ccc(C)c(S(=O)(=O)Cl)c1. The van der Waals surface area contributed by atoms with Crippen LogP contribution in [-0.4, -0.2) is 22.6 Å². The first kappa shape index (κ1) is 14.5.